The molecule has 0 aliphatic heterocycles. The van der Waals surface area contributed by atoms with Crippen LogP contribution < -0.4 is 0 Å². The van der Waals surface area contributed by atoms with Crippen LogP contribution in [0.1, 0.15) is 310 Å². The lowest BCUT2D eigenvalue weighted by Crippen LogP contribution is -1.84. The van der Waals surface area contributed by atoms with Crippen molar-refractivity contribution in [1.29, 1.82) is 0 Å². The Labute approximate surface area is 505 Å². The Morgan fingerprint density at radius 3 is 0.358 bits per heavy atom. The first kappa shape index (κ1) is 76.8. The molecular weight excluding hydrogens is 977 g/mol. The van der Waals surface area contributed by atoms with Gasteiger partial charge in [-0.2, -0.15) is 0 Å². The van der Waals surface area contributed by atoms with Crippen molar-refractivity contribution in [3.05, 3.63) is 186 Å². The molecule has 456 valence electrons. The Hall–Kier alpha value is -4.20. The maximum Gasteiger partial charge on any atom is 0.0614 e. The lowest BCUT2D eigenvalue weighted by atomic mass is 10.0. The summed E-state index contributed by atoms with van der Waals surface area (Å²) in [6, 6.07) is 0. The number of allylic oxidation sites excluding steroid dienone is 31. The van der Waals surface area contributed by atoms with E-state index in [1.54, 1.807) is 0 Å². The third kappa shape index (κ3) is 52.4. The van der Waals surface area contributed by atoms with Crippen LogP contribution in [-0.2, 0) is 0 Å². The van der Waals surface area contributed by atoms with E-state index in [1.807, 2.05) is 6.08 Å². The fourth-order valence-corrected chi connectivity index (χ4v) is 9.92. The van der Waals surface area contributed by atoms with Crippen molar-refractivity contribution in [3.63, 3.8) is 0 Å². The third-order valence-electron chi connectivity index (χ3n) is 16.0. The maximum atomic E-state index is 9.02. The van der Waals surface area contributed by atoms with Gasteiger partial charge in [0.2, 0.25) is 0 Å². The maximum absolute atomic E-state index is 9.02. The highest BCUT2D eigenvalue weighted by Gasteiger charge is 2.01. The minimum atomic E-state index is 0.147. The molecule has 0 radical (unpaired) electrons. The number of rotatable bonds is 46. The van der Waals surface area contributed by atoms with Crippen LogP contribution in [0.25, 0.3) is 0 Å². The average Bonchev–Trinajstić information content (AvgIpc) is 3.38. The van der Waals surface area contributed by atoms with E-state index < -0.39 is 0 Å². The van der Waals surface area contributed by atoms with Crippen molar-refractivity contribution < 1.29 is 5.11 Å². The van der Waals surface area contributed by atoms with Gasteiger partial charge < -0.3 is 5.11 Å². The summed E-state index contributed by atoms with van der Waals surface area (Å²) in [4.78, 5) is 0. The second kappa shape index (κ2) is 51.4. The smallest absolute Gasteiger partial charge is 0.0614 e. The molecular formula is C80H130O. The van der Waals surface area contributed by atoms with Gasteiger partial charge in [0.05, 0.1) is 6.61 Å². The molecule has 0 unspecified atom stereocenters. The molecule has 0 rings (SSSR count). The van der Waals surface area contributed by atoms with E-state index in [2.05, 4.69) is 209 Å². The summed E-state index contributed by atoms with van der Waals surface area (Å²) in [5.41, 5.74) is 24.0. The van der Waals surface area contributed by atoms with Gasteiger partial charge in [-0.25, -0.2) is 0 Å². The second-order valence-corrected chi connectivity index (χ2v) is 25.3. The summed E-state index contributed by atoms with van der Waals surface area (Å²) < 4.78 is 0. The van der Waals surface area contributed by atoms with E-state index in [0.29, 0.717) is 0 Å². The number of aliphatic hydroxyl groups excluding tert-OH is 1. The SMILES string of the molecule is CC(C)=CCC/C(C)=C/CC/C(C)=C/CC/C(C)=C/CC/C(C)=C/CC/C(C)=C/CC/C(C)=C/CC/C(C)=C/CC/C(C)=C/CC/C(C)=C/CC/C(C)=C/CC/C(C)=C/CC/C(C)=C/CC/C(C)=C/CC/C(C)=C/CC/C(C)=C/CO. The Bertz CT molecular complexity index is 2230. The van der Waals surface area contributed by atoms with Crippen LogP contribution in [0.5, 0.6) is 0 Å². The van der Waals surface area contributed by atoms with Crippen molar-refractivity contribution in [1.82, 2.24) is 0 Å². The number of hydrogen-bond acceptors (Lipinski definition) is 1. The Balaban J connectivity index is 4.33. The van der Waals surface area contributed by atoms with Gasteiger partial charge in [0.1, 0.15) is 0 Å². The fourth-order valence-electron chi connectivity index (χ4n) is 9.92. The summed E-state index contributed by atoms with van der Waals surface area (Å²) in [5.74, 6) is 0. The van der Waals surface area contributed by atoms with Gasteiger partial charge in [-0.1, -0.05) is 186 Å². The lowest BCUT2D eigenvalue weighted by Gasteiger charge is -2.04. The third-order valence-corrected chi connectivity index (χ3v) is 16.0. The molecule has 1 N–H and O–H groups in total. The molecule has 0 heterocycles. The van der Waals surface area contributed by atoms with Crippen LogP contribution in [-0.4, -0.2) is 11.7 Å². The standard InChI is InChI=1S/C80H130O/c1-65(2)33-18-34-66(3)35-19-36-67(4)37-20-38-68(5)39-21-40-69(6)41-22-42-70(7)43-23-44-71(8)45-24-46-72(9)47-25-48-73(10)49-26-50-74(11)51-27-52-75(12)53-28-54-76(13)55-29-56-77(14)57-30-58-78(15)59-31-60-79(16)61-32-62-80(17)63-64-81/h33,35,37,39,41,43,45,47,49,51,53,55,57,59,61,63,81H,18-32,34,36,38,40,42,44,46,48,50,52,54,56,58,60,62,64H2,1-17H3/b66-35+,67-37+,68-39+,69-41+,70-43+,71-45+,72-47+,73-49+,74-51+,75-53+,76-55+,77-57+,78-59+,79-61+,80-63+. The zero-order chi connectivity index (χ0) is 60.5. The van der Waals surface area contributed by atoms with Crippen LogP contribution in [0.4, 0.5) is 0 Å². The molecule has 0 aromatic heterocycles. The van der Waals surface area contributed by atoms with Crippen molar-refractivity contribution in [3.8, 4) is 0 Å². The minimum Gasteiger partial charge on any atom is -0.392 e. The van der Waals surface area contributed by atoms with Gasteiger partial charge in [-0.3, -0.25) is 0 Å². The monoisotopic (exact) mass is 1110 g/mol. The molecule has 0 aromatic carbocycles. The highest BCUT2D eigenvalue weighted by atomic mass is 16.2. The Morgan fingerprint density at radius 2 is 0.259 bits per heavy atom. The largest absolute Gasteiger partial charge is 0.392 e. The van der Waals surface area contributed by atoms with Gasteiger partial charge in [0, 0.05) is 0 Å². The van der Waals surface area contributed by atoms with E-state index in [1.165, 1.54) is 173 Å². The first-order chi connectivity index (χ1) is 38.7. The quantitative estimate of drug-likeness (QED) is 0.0603. The summed E-state index contributed by atoms with van der Waals surface area (Å²) in [5, 5.41) is 9.02. The van der Waals surface area contributed by atoms with Crippen molar-refractivity contribution in [2.24, 2.45) is 0 Å². The van der Waals surface area contributed by atoms with Crippen molar-refractivity contribution in [2.45, 2.75) is 310 Å². The van der Waals surface area contributed by atoms with E-state index in [-0.39, 0.29) is 6.61 Å². The molecule has 0 saturated heterocycles. The topological polar surface area (TPSA) is 20.2 Å². The van der Waals surface area contributed by atoms with Gasteiger partial charge in [0.25, 0.3) is 0 Å². The second-order valence-electron chi connectivity index (χ2n) is 25.3. The molecule has 0 bridgehead atoms. The van der Waals surface area contributed by atoms with Crippen molar-refractivity contribution in [2.75, 3.05) is 6.61 Å². The minimum absolute atomic E-state index is 0.147. The van der Waals surface area contributed by atoms with Gasteiger partial charge in [0.15, 0.2) is 0 Å². The molecule has 0 amide bonds. The summed E-state index contributed by atoms with van der Waals surface area (Å²) in [7, 11) is 0. The Morgan fingerprint density at radius 1 is 0.160 bits per heavy atom. The molecule has 0 aliphatic carbocycles. The van der Waals surface area contributed by atoms with Crippen LogP contribution in [0.3, 0.4) is 0 Å². The molecule has 1 nitrogen and oxygen atoms in total. The van der Waals surface area contributed by atoms with E-state index in [0.717, 1.165) is 109 Å². The fraction of sp³-hybridized carbons (Fsp3) is 0.600. The lowest BCUT2D eigenvalue weighted by molar-refractivity contribution is 0.341. The highest BCUT2D eigenvalue weighted by molar-refractivity contribution is 5.14. The molecule has 81 heavy (non-hydrogen) atoms. The first-order valence-electron chi connectivity index (χ1n) is 32.8. The number of hydrogen-bond donors (Lipinski definition) is 1. The van der Waals surface area contributed by atoms with Gasteiger partial charge in [-0.15, -0.1) is 0 Å². The van der Waals surface area contributed by atoms with E-state index >= 15 is 0 Å². The number of aliphatic hydroxyl groups is 1. The average molecular weight is 1110 g/mol. The molecule has 0 saturated carbocycles. The van der Waals surface area contributed by atoms with Crippen LogP contribution in [0.2, 0.25) is 0 Å². The summed E-state index contributed by atoms with van der Waals surface area (Å²) >= 11 is 0. The van der Waals surface area contributed by atoms with Gasteiger partial charge >= 0.3 is 0 Å². The molecule has 0 aliphatic rings. The van der Waals surface area contributed by atoms with Crippen LogP contribution >= 0.6 is 0 Å². The molecule has 0 fully saturated rings. The predicted octanol–water partition coefficient (Wildman–Crippen LogP) is 26.8. The van der Waals surface area contributed by atoms with Crippen molar-refractivity contribution >= 4 is 0 Å². The van der Waals surface area contributed by atoms with Gasteiger partial charge in [-0.05, 0) is 310 Å². The van der Waals surface area contributed by atoms with E-state index in [4.69, 9.17) is 5.11 Å². The zero-order valence-corrected chi connectivity index (χ0v) is 56.6. The molecule has 0 aromatic rings. The summed E-state index contributed by atoms with van der Waals surface area (Å²) in [6.07, 6.45) is 73.3. The molecule has 0 atom stereocenters. The molecule has 0 spiro atoms. The van der Waals surface area contributed by atoms with Crippen LogP contribution in [0, 0.1) is 0 Å². The predicted molar refractivity (Wildman–Crippen MR) is 371 cm³/mol. The highest BCUT2D eigenvalue weighted by Crippen LogP contribution is 2.21. The molecule has 1 heteroatoms. The van der Waals surface area contributed by atoms with Crippen LogP contribution in [0.15, 0.2) is 186 Å². The normalized spacial score (nSPS) is 15.2. The van der Waals surface area contributed by atoms with E-state index in [9.17, 15) is 0 Å². The zero-order valence-electron chi connectivity index (χ0n) is 56.6. The summed E-state index contributed by atoms with van der Waals surface area (Å²) in [6.45, 7) is 38.9. The first-order valence-corrected chi connectivity index (χ1v) is 32.8. The Kier molecular flexibility index (Phi) is 48.8.